The van der Waals surface area contributed by atoms with Gasteiger partial charge in [0.2, 0.25) is 5.88 Å². The largest absolute Gasteiger partial charge is 0.543 e. The molecule has 2 fully saturated rings. The van der Waals surface area contributed by atoms with Gasteiger partial charge in [-0.05, 0) is 82.8 Å². The molecule has 4 heterocycles. The Kier molecular flexibility index (Phi) is 16.1. The van der Waals surface area contributed by atoms with Gasteiger partial charge in [0.15, 0.2) is 5.82 Å². The number of hydrogen-bond donors (Lipinski definition) is 1. The number of halogens is 3. The fourth-order valence-corrected chi connectivity index (χ4v) is 22.2. The van der Waals surface area contributed by atoms with Crippen LogP contribution in [0.15, 0.2) is 36.2 Å². The number of pyridine rings is 1. The van der Waals surface area contributed by atoms with Gasteiger partial charge in [0, 0.05) is 36.0 Å². The van der Waals surface area contributed by atoms with Crippen molar-refractivity contribution in [2.75, 3.05) is 65.1 Å². The summed E-state index contributed by atoms with van der Waals surface area (Å²) in [5, 5.41) is 12.5. The number of methoxy groups -OCH3 is 1. The summed E-state index contributed by atoms with van der Waals surface area (Å²) in [5.41, 5.74) is 3.93. The Hall–Kier alpha value is -4.21. The second kappa shape index (κ2) is 20.6. The van der Waals surface area contributed by atoms with Crippen molar-refractivity contribution in [3.05, 3.63) is 53.4 Å². The Bertz CT molecular complexity index is 2530. The average Bonchev–Trinajstić information content (AvgIpc) is 3.44. The SMILES string of the molecule is COc1nc(-c2cc(O[Si](C(C)C)(C(C)C)C(C)C)cc3ccc(F)c(C#C[Si](C(C)C)(C(C)C)C(C)C)c23)c(F)c2nc(OCC3(C)CN(C)CC/C3=C\F)nc(N3CCOCC(C)(O)C3)c12. The van der Waals surface area contributed by atoms with Gasteiger partial charge < -0.3 is 33.5 Å². The number of ether oxygens (including phenoxy) is 3. The zero-order valence-corrected chi connectivity index (χ0v) is 45.5. The molecule has 10 nitrogen and oxygen atoms in total. The van der Waals surface area contributed by atoms with Crippen molar-refractivity contribution in [3.63, 3.8) is 0 Å². The lowest BCUT2D eigenvalue weighted by Gasteiger charge is -2.42. The second-order valence-electron chi connectivity index (χ2n) is 21.8. The minimum atomic E-state index is -2.59. The van der Waals surface area contributed by atoms with Crippen LogP contribution in [0.5, 0.6) is 17.6 Å². The third kappa shape index (κ3) is 10.0. The van der Waals surface area contributed by atoms with E-state index in [1.165, 1.54) is 13.2 Å². The normalized spacial score (nSPS) is 20.7. The van der Waals surface area contributed by atoms with E-state index in [4.69, 9.17) is 33.6 Å². The maximum absolute atomic E-state index is 18.4. The number of aromatic nitrogens is 3. The second-order valence-corrected chi connectivity index (χ2v) is 32.8. The maximum atomic E-state index is 18.4. The number of anilines is 1. The highest BCUT2D eigenvalue weighted by Crippen LogP contribution is 2.47. The standard InChI is InChI=1S/C53H76F3N5O5Si2/c1-32(2)67(33(3)4,34(5)6)24-20-41-43(55)18-17-38-25-40(66-68(35(7)8,36(9)10)37(11)12)26-42(44(38)41)47-46(56)48-45(50(57-47)63-16)49(61-22-23-64-31-53(14,62)29-61)59-51(58-48)65-30-52(13)28-60(15)21-19-39(52)27-54/h17-18,25-27,32-37,62H,19,21-23,28-31H2,1-16H3/b39-27+. The van der Waals surface area contributed by atoms with Gasteiger partial charge in [0.25, 0.3) is 8.32 Å². The topological polar surface area (TPSA) is 102 Å². The van der Waals surface area contributed by atoms with Crippen LogP contribution in [-0.2, 0) is 4.74 Å². The molecule has 0 aliphatic carbocycles. The van der Waals surface area contributed by atoms with Gasteiger partial charge in [-0.3, -0.25) is 0 Å². The first kappa shape index (κ1) is 53.2. The lowest BCUT2D eigenvalue weighted by Crippen LogP contribution is -2.50. The van der Waals surface area contributed by atoms with E-state index in [1.807, 2.05) is 20.0 Å². The zero-order chi connectivity index (χ0) is 50.3. The number of nitrogens with zero attached hydrogens (tertiary/aromatic N) is 5. The van der Waals surface area contributed by atoms with E-state index >= 15 is 8.78 Å². The third-order valence-corrected chi connectivity index (χ3v) is 27.3. The van der Waals surface area contributed by atoms with Crippen LogP contribution in [-0.4, -0.2) is 107 Å². The van der Waals surface area contributed by atoms with Crippen molar-refractivity contribution >= 4 is 43.9 Å². The Labute approximate surface area is 405 Å². The highest BCUT2D eigenvalue weighted by Gasteiger charge is 2.47. The number of rotatable bonds is 14. The molecule has 68 heavy (non-hydrogen) atoms. The molecule has 0 spiro atoms. The number of benzene rings is 2. The molecular weight excluding hydrogens is 900 g/mol. The summed E-state index contributed by atoms with van der Waals surface area (Å²) in [7, 11) is -1.55. The molecule has 0 radical (unpaired) electrons. The molecule has 4 aromatic rings. The van der Waals surface area contributed by atoms with E-state index < -0.39 is 39.0 Å². The van der Waals surface area contributed by atoms with E-state index in [2.05, 4.69) is 99.4 Å². The molecule has 2 unspecified atom stereocenters. The number of aliphatic hydroxyl groups is 1. The molecule has 2 atom stereocenters. The molecule has 2 aliphatic rings. The Morgan fingerprint density at radius 2 is 1.51 bits per heavy atom. The third-order valence-electron chi connectivity index (χ3n) is 15.0. The Morgan fingerprint density at radius 3 is 2.10 bits per heavy atom. The molecule has 6 rings (SSSR count). The lowest BCUT2D eigenvalue weighted by molar-refractivity contribution is -0.0123. The predicted molar refractivity (Wildman–Crippen MR) is 275 cm³/mol. The highest BCUT2D eigenvalue weighted by atomic mass is 28.4. The first-order chi connectivity index (χ1) is 31.9. The molecule has 0 bridgehead atoms. The summed E-state index contributed by atoms with van der Waals surface area (Å²) in [6.45, 7) is 32.0. The number of fused-ring (bicyclic) bond motifs is 2. The predicted octanol–water partition coefficient (Wildman–Crippen LogP) is 12.4. The zero-order valence-electron chi connectivity index (χ0n) is 43.5. The molecule has 0 saturated carbocycles. The molecule has 15 heteroatoms. The molecule has 2 aromatic carbocycles. The van der Waals surface area contributed by atoms with Crippen molar-refractivity contribution in [1.29, 1.82) is 0 Å². The summed E-state index contributed by atoms with van der Waals surface area (Å²) < 4.78 is 75.1. The average molecular weight is 976 g/mol. The van der Waals surface area contributed by atoms with Gasteiger partial charge in [0.05, 0.1) is 38.8 Å². The number of hydrogen-bond acceptors (Lipinski definition) is 10. The van der Waals surface area contributed by atoms with Gasteiger partial charge in [-0.1, -0.05) is 102 Å². The van der Waals surface area contributed by atoms with Gasteiger partial charge in [-0.25, -0.2) is 18.2 Å². The van der Waals surface area contributed by atoms with E-state index in [1.54, 1.807) is 24.0 Å². The van der Waals surface area contributed by atoms with Crippen molar-refractivity contribution in [1.82, 2.24) is 19.9 Å². The minimum absolute atomic E-state index is 0.00200. The molecule has 372 valence electrons. The van der Waals surface area contributed by atoms with Crippen molar-refractivity contribution in [2.45, 2.75) is 142 Å². The van der Waals surface area contributed by atoms with Crippen LogP contribution in [0.4, 0.5) is 19.0 Å². The van der Waals surface area contributed by atoms with Crippen LogP contribution in [0.3, 0.4) is 0 Å². The first-order valence-corrected chi connectivity index (χ1v) is 28.8. The Balaban J connectivity index is 1.72. The monoisotopic (exact) mass is 976 g/mol. The summed E-state index contributed by atoms with van der Waals surface area (Å²) in [6.07, 6.45) is 1.18. The lowest BCUT2D eigenvalue weighted by atomic mass is 9.78. The summed E-state index contributed by atoms with van der Waals surface area (Å²) in [4.78, 5) is 18.5. The molecule has 1 N–H and O–H groups in total. The minimum Gasteiger partial charge on any atom is -0.543 e. The number of β-amino-alcohol motifs (C(OH)–C–C–N with tert-alkyl or cyclic N) is 1. The summed E-state index contributed by atoms with van der Waals surface area (Å²) >= 11 is 0. The quantitative estimate of drug-likeness (QED) is 0.0971. The number of likely N-dealkylation sites (tertiary alicyclic amines) is 1. The molecule has 2 aliphatic heterocycles. The smallest absolute Gasteiger partial charge is 0.319 e. The summed E-state index contributed by atoms with van der Waals surface area (Å²) in [6, 6.07) is 6.69. The van der Waals surface area contributed by atoms with E-state index in [9.17, 15) is 9.50 Å². The van der Waals surface area contributed by atoms with Gasteiger partial charge in [-0.15, -0.1) is 5.54 Å². The Morgan fingerprint density at radius 1 is 0.868 bits per heavy atom. The fourth-order valence-electron chi connectivity index (χ4n) is 11.8. The van der Waals surface area contributed by atoms with Crippen LogP contribution in [0.1, 0.15) is 109 Å². The van der Waals surface area contributed by atoms with Crippen molar-refractivity contribution in [3.8, 4) is 40.4 Å². The molecule has 2 aromatic heterocycles. The summed E-state index contributed by atoms with van der Waals surface area (Å²) in [5.74, 6) is 2.80. The highest BCUT2D eigenvalue weighted by molar-refractivity contribution is 6.90. The van der Waals surface area contributed by atoms with Crippen LogP contribution in [0.2, 0.25) is 33.2 Å². The number of piperidine rings is 1. The maximum Gasteiger partial charge on any atom is 0.319 e. The van der Waals surface area contributed by atoms with E-state index in [-0.39, 0.29) is 112 Å². The fraction of sp³-hybridized carbons (Fsp3) is 0.604. The molecule has 0 amide bonds. The van der Waals surface area contributed by atoms with Gasteiger partial charge in [-0.2, -0.15) is 9.97 Å². The van der Waals surface area contributed by atoms with Crippen molar-refractivity contribution < 1.29 is 36.9 Å². The van der Waals surface area contributed by atoms with Crippen LogP contribution in [0, 0.1) is 28.5 Å². The van der Waals surface area contributed by atoms with Gasteiger partial charge in [0.1, 0.15) is 54.3 Å². The van der Waals surface area contributed by atoms with Crippen LogP contribution in [0.25, 0.3) is 32.9 Å². The van der Waals surface area contributed by atoms with Crippen LogP contribution < -0.4 is 18.8 Å². The van der Waals surface area contributed by atoms with Crippen molar-refractivity contribution in [2.24, 2.45) is 5.41 Å². The van der Waals surface area contributed by atoms with E-state index in [0.717, 1.165) is 0 Å². The van der Waals surface area contributed by atoms with Gasteiger partial charge >= 0.3 is 6.01 Å². The van der Waals surface area contributed by atoms with E-state index in [0.29, 0.717) is 47.9 Å². The molecule has 2 saturated heterocycles. The van der Waals surface area contributed by atoms with Crippen LogP contribution >= 0.6 is 0 Å². The molecular formula is C53H76F3N5O5Si2. The first-order valence-electron chi connectivity index (χ1n) is 24.5.